The number of aryl methyl sites for hydroxylation is 1. The molecule has 1 heterocycles. The van der Waals surface area contributed by atoms with Crippen LogP contribution in [0.1, 0.15) is 17.4 Å². The van der Waals surface area contributed by atoms with E-state index in [1.165, 1.54) is 0 Å². The summed E-state index contributed by atoms with van der Waals surface area (Å²) in [7, 11) is 1.89. The van der Waals surface area contributed by atoms with Crippen molar-refractivity contribution in [3.05, 3.63) is 36.0 Å². The highest BCUT2D eigenvalue weighted by molar-refractivity contribution is 5.98. The average Bonchev–Trinajstić information content (AvgIpc) is 2.64. The molecule has 16 heavy (non-hydrogen) atoms. The Hall–Kier alpha value is -1.81. The minimum absolute atomic E-state index is 0.111. The summed E-state index contributed by atoms with van der Waals surface area (Å²) in [6, 6.07) is 9.82. The van der Waals surface area contributed by atoms with Gasteiger partial charge in [0.15, 0.2) is 0 Å². The van der Waals surface area contributed by atoms with Crippen molar-refractivity contribution in [2.24, 2.45) is 7.05 Å². The van der Waals surface area contributed by atoms with Gasteiger partial charge in [-0.15, -0.1) is 0 Å². The summed E-state index contributed by atoms with van der Waals surface area (Å²) in [6.45, 7) is 2.64. The second-order valence-corrected chi connectivity index (χ2v) is 3.63. The van der Waals surface area contributed by atoms with Gasteiger partial charge in [0, 0.05) is 24.5 Å². The molecule has 2 rings (SSSR count). The Morgan fingerprint density at radius 2 is 2.12 bits per heavy atom. The molecular formula is C12H15N3O. The van der Waals surface area contributed by atoms with Gasteiger partial charge < -0.3 is 4.57 Å². The fraction of sp³-hybridized carbons (Fsp3) is 0.250. The van der Waals surface area contributed by atoms with Crippen LogP contribution in [0.4, 0.5) is 0 Å². The van der Waals surface area contributed by atoms with Crippen LogP contribution >= 0.6 is 0 Å². The van der Waals surface area contributed by atoms with Crippen LogP contribution in [-0.2, 0) is 7.05 Å². The van der Waals surface area contributed by atoms with E-state index in [4.69, 9.17) is 0 Å². The zero-order valence-corrected chi connectivity index (χ0v) is 9.45. The Kier molecular flexibility index (Phi) is 2.92. The number of nitrogens with zero attached hydrogens (tertiary/aromatic N) is 1. The minimum atomic E-state index is -0.111. The highest BCUT2D eigenvalue weighted by Crippen LogP contribution is 2.17. The maximum absolute atomic E-state index is 11.8. The molecular weight excluding hydrogens is 202 g/mol. The van der Waals surface area contributed by atoms with Crippen molar-refractivity contribution in [3.63, 3.8) is 0 Å². The van der Waals surface area contributed by atoms with Crippen molar-refractivity contribution in [2.45, 2.75) is 6.92 Å². The van der Waals surface area contributed by atoms with E-state index < -0.39 is 0 Å². The molecule has 1 aromatic carbocycles. The molecule has 0 fully saturated rings. The molecule has 0 unspecified atom stereocenters. The largest absolute Gasteiger partial charge is 0.340 e. The third-order valence-electron chi connectivity index (χ3n) is 2.56. The predicted octanol–water partition coefficient (Wildman–Crippen LogP) is 1.43. The molecule has 0 spiro atoms. The summed E-state index contributed by atoms with van der Waals surface area (Å²) >= 11 is 0. The van der Waals surface area contributed by atoms with Crippen LogP contribution in [0.5, 0.6) is 0 Å². The van der Waals surface area contributed by atoms with E-state index in [1.807, 2.05) is 48.9 Å². The van der Waals surface area contributed by atoms with Gasteiger partial charge >= 0.3 is 0 Å². The highest BCUT2D eigenvalue weighted by atomic mass is 16.2. The second-order valence-electron chi connectivity index (χ2n) is 3.63. The lowest BCUT2D eigenvalue weighted by atomic mass is 10.2. The van der Waals surface area contributed by atoms with Crippen molar-refractivity contribution in [2.75, 3.05) is 6.54 Å². The van der Waals surface area contributed by atoms with E-state index >= 15 is 0 Å². The highest BCUT2D eigenvalue weighted by Gasteiger charge is 2.11. The van der Waals surface area contributed by atoms with Crippen molar-refractivity contribution in [1.82, 2.24) is 15.4 Å². The summed E-state index contributed by atoms with van der Waals surface area (Å²) < 4.78 is 1.89. The third-order valence-corrected chi connectivity index (χ3v) is 2.56. The normalized spacial score (nSPS) is 10.6. The van der Waals surface area contributed by atoms with Gasteiger partial charge in [0.05, 0.1) is 0 Å². The Morgan fingerprint density at radius 1 is 1.38 bits per heavy atom. The number of para-hydroxylation sites is 1. The molecule has 2 N–H and O–H groups in total. The number of rotatable bonds is 3. The van der Waals surface area contributed by atoms with Gasteiger partial charge in [-0.25, -0.2) is 5.43 Å². The van der Waals surface area contributed by atoms with Crippen LogP contribution in [0.3, 0.4) is 0 Å². The predicted molar refractivity (Wildman–Crippen MR) is 64.1 cm³/mol. The van der Waals surface area contributed by atoms with Gasteiger partial charge in [0.25, 0.3) is 5.91 Å². The van der Waals surface area contributed by atoms with E-state index in [-0.39, 0.29) is 5.91 Å². The second kappa shape index (κ2) is 4.37. The molecule has 4 heteroatoms. The van der Waals surface area contributed by atoms with Gasteiger partial charge in [-0.05, 0) is 12.1 Å². The fourth-order valence-electron chi connectivity index (χ4n) is 1.74. The van der Waals surface area contributed by atoms with Crippen molar-refractivity contribution in [3.8, 4) is 0 Å². The molecule has 0 aliphatic heterocycles. The number of hydrogen-bond donors (Lipinski definition) is 2. The van der Waals surface area contributed by atoms with Crippen LogP contribution in [0.2, 0.25) is 0 Å². The molecule has 1 amide bonds. The average molecular weight is 217 g/mol. The van der Waals surface area contributed by atoms with Crippen LogP contribution in [-0.4, -0.2) is 17.0 Å². The minimum Gasteiger partial charge on any atom is -0.340 e. The maximum Gasteiger partial charge on any atom is 0.282 e. The van der Waals surface area contributed by atoms with E-state index in [1.54, 1.807) is 0 Å². The van der Waals surface area contributed by atoms with Crippen molar-refractivity contribution >= 4 is 16.8 Å². The zero-order chi connectivity index (χ0) is 11.5. The number of hydrogen-bond acceptors (Lipinski definition) is 2. The number of hydrazine groups is 1. The lowest BCUT2D eigenvalue weighted by Crippen LogP contribution is -2.37. The van der Waals surface area contributed by atoms with Gasteiger partial charge in [0.2, 0.25) is 0 Å². The Morgan fingerprint density at radius 3 is 2.81 bits per heavy atom. The van der Waals surface area contributed by atoms with Crippen LogP contribution in [0.25, 0.3) is 10.9 Å². The van der Waals surface area contributed by atoms with Gasteiger partial charge in [-0.3, -0.25) is 10.2 Å². The number of amides is 1. The first-order chi connectivity index (χ1) is 7.74. The molecule has 84 valence electrons. The quantitative estimate of drug-likeness (QED) is 0.764. The molecule has 2 aromatic rings. The molecule has 0 bridgehead atoms. The molecule has 0 aliphatic rings. The molecule has 1 aromatic heterocycles. The molecule has 0 radical (unpaired) electrons. The topological polar surface area (TPSA) is 46.1 Å². The number of aromatic nitrogens is 1. The standard InChI is InChI=1S/C12H15N3O/c1-3-13-14-12(16)11-8-9-6-4-5-7-10(9)15(11)2/h4-8,13H,3H2,1-2H3,(H,14,16). The third kappa shape index (κ3) is 1.79. The first kappa shape index (κ1) is 10.7. The molecule has 4 nitrogen and oxygen atoms in total. The Bertz CT molecular complexity index is 516. The van der Waals surface area contributed by atoms with Crippen LogP contribution < -0.4 is 10.9 Å². The smallest absolute Gasteiger partial charge is 0.282 e. The lowest BCUT2D eigenvalue weighted by Gasteiger charge is -2.05. The van der Waals surface area contributed by atoms with Crippen LogP contribution in [0.15, 0.2) is 30.3 Å². The summed E-state index contributed by atoms with van der Waals surface area (Å²) in [5.41, 5.74) is 7.16. The fourth-order valence-corrected chi connectivity index (χ4v) is 1.74. The summed E-state index contributed by atoms with van der Waals surface area (Å²) in [6.07, 6.45) is 0. The Balaban J connectivity index is 2.37. The molecule has 0 aliphatic carbocycles. The maximum atomic E-state index is 11.8. The summed E-state index contributed by atoms with van der Waals surface area (Å²) in [5.74, 6) is -0.111. The SMILES string of the molecule is CCNNC(=O)c1cc2ccccc2n1C. The van der Waals surface area contributed by atoms with E-state index in [0.29, 0.717) is 12.2 Å². The number of fused-ring (bicyclic) bond motifs is 1. The summed E-state index contributed by atoms with van der Waals surface area (Å²) in [4.78, 5) is 11.8. The van der Waals surface area contributed by atoms with Gasteiger partial charge in [-0.2, -0.15) is 0 Å². The first-order valence-electron chi connectivity index (χ1n) is 5.31. The summed E-state index contributed by atoms with van der Waals surface area (Å²) in [5, 5.41) is 1.08. The lowest BCUT2D eigenvalue weighted by molar-refractivity contribution is 0.0926. The van der Waals surface area contributed by atoms with E-state index in [9.17, 15) is 4.79 Å². The number of nitrogens with one attached hydrogen (secondary N) is 2. The van der Waals surface area contributed by atoms with Crippen LogP contribution in [0, 0.1) is 0 Å². The number of carbonyl (C=O) groups is 1. The Labute approximate surface area is 94.2 Å². The number of benzene rings is 1. The van der Waals surface area contributed by atoms with E-state index in [0.717, 1.165) is 10.9 Å². The first-order valence-corrected chi connectivity index (χ1v) is 5.31. The van der Waals surface area contributed by atoms with Crippen molar-refractivity contribution in [1.29, 1.82) is 0 Å². The van der Waals surface area contributed by atoms with Crippen molar-refractivity contribution < 1.29 is 4.79 Å². The van der Waals surface area contributed by atoms with E-state index in [2.05, 4.69) is 10.9 Å². The van der Waals surface area contributed by atoms with Gasteiger partial charge in [-0.1, -0.05) is 25.1 Å². The monoisotopic (exact) mass is 217 g/mol. The van der Waals surface area contributed by atoms with Gasteiger partial charge in [0.1, 0.15) is 5.69 Å². The zero-order valence-electron chi connectivity index (χ0n) is 9.45. The molecule has 0 atom stereocenters. The number of carbonyl (C=O) groups excluding carboxylic acids is 1. The molecule has 0 saturated heterocycles. The molecule has 0 saturated carbocycles.